The summed E-state index contributed by atoms with van der Waals surface area (Å²) in [7, 11) is 0. The van der Waals surface area contributed by atoms with Crippen LogP contribution in [-0.4, -0.2) is 72.3 Å². The predicted molar refractivity (Wildman–Crippen MR) is 98.2 cm³/mol. The molecule has 0 spiro atoms. The van der Waals surface area contributed by atoms with Gasteiger partial charge in [-0.05, 0) is 31.0 Å². The third kappa shape index (κ3) is 5.60. The normalized spacial score (nSPS) is 15.1. The van der Waals surface area contributed by atoms with Gasteiger partial charge >= 0.3 is 0 Å². The monoisotopic (exact) mass is 351 g/mol. The lowest BCUT2D eigenvalue weighted by Gasteiger charge is -2.35. The van der Waals surface area contributed by atoms with E-state index in [9.17, 15) is 9.59 Å². The minimum Gasteiger partial charge on any atom is -0.339 e. The molecular weight excluding hydrogens is 322 g/mol. The molecule has 134 valence electrons. The molecule has 0 aromatic carbocycles. The van der Waals surface area contributed by atoms with Crippen LogP contribution in [0.2, 0.25) is 0 Å². The average molecular weight is 352 g/mol. The van der Waals surface area contributed by atoms with Gasteiger partial charge in [0, 0.05) is 50.4 Å². The summed E-state index contributed by atoms with van der Waals surface area (Å²) in [5.74, 6) is 0.422. The number of rotatable bonds is 8. The molecule has 1 aromatic rings. The fourth-order valence-corrected chi connectivity index (χ4v) is 3.71. The van der Waals surface area contributed by atoms with Gasteiger partial charge < -0.3 is 14.7 Å². The van der Waals surface area contributed by atoms with Gasteiger partial charge in [0.2, 0.25) is 11.8 Å². The highest BCUT2D eigenvalue weighted by Crippen LogP contribution is 2.13. The highest BCUT2D eigenvalue weighted by molar-refractivity contribution is 7.09. The van der Waals surface area contributed by atoms with E-state index in [0.29, 0.717) is 39.0 Å². The van der Waals surface area contributed by atoms with Gasteiger partial charge in [-0.15, -0.1) is 11.3 Å². The first-order valence-corrected chi connectivity index (χ1v) is 9.82. The van der Waals surface area contributed by atoms with E-state index < -0.39 is 0 Å². The molecule has 2 heterocycles. The summed E-state index contributed by atoms with van der Waals surface area (Å²) in [6.07, 6.45) is 1.96. The van der Waals surface area contributed by atoms with Gasteiger partial charge in [0.05, 0.1) is 0 Å². The molecule has 0 atom stereocenters. The molecule has 2 amide bonds. The van der Waals surface area contributed by atoms with E-state index >= 15 is 0 Å². The molecule has 1 aliphatic rings. The van der Waals surface area contributed by atoms with Crippen molar-refractivity contribution in [3.8, 4) is 0 Å². The van der Waals surface area contributed by atoms with Crippen molar-refractivity contribution in [2.45, 2.75) is 33.1 Å². The van der Waals surface area contributed by atoms with Gasteiger partial charge in [-0.25, -0.2) is 0 Å². The fourth-order valence-electron chi connectivity index (χ4n) is 3.00. The van der Waals surface area contributed by atoms with Gasteiger partial charge in [0.25, 0.3) is 0 Å². The Bertz CT molecular complexity index is 506. The van der Waals surface area contributed by atoms with Crippen LogP contribution in [0.15, 0.2) is 17.5 Å². The molecular formula is C18H29N3O2S. The van der Waals surface area contributed by atoms with Crippen LogP contribution in [0.4, 0.5) is 0 Å². The van der Waals surface area contributed by atoms with Crippen LogP contribution < -0.4 is 0 Å². The van der Waals surface area contributed by atoms with E-state index in [1.54, 1.807) is 11.3 Å². The first kappa shape index (κ1) is 18.9. The summed E-state index contributed by atoms with van der Waals surface area (Å²) in [6.45, 7) is 9.70. The minimum atomic E-state index is 0.207. The van der Waals surface area contributed by atoms with Gasteiger partial charge in [0.1, 0.15) is 0 Å². The van der Waals surface area contributed by atoms with E-state index in [1.165, 1.54) is 4.88 Å². The van der Waals surface area contributed by atoms with Crippen molar-refractivity contribution in [1.82, 2.24) is 14.7 Å². The second-order valence-electron chi connectivity index (χ2n) is 6.12. The molecule has 5 nitrogen and oxygen atoms in total. The van der Waals surface area contributed by atoms with Crippen LogP contribution in [0.3, 0.4) is 0 Å². The lowest BCUT2D eigenvalue weighted by Crippen LogP contribution is -2.51. The van der Waals surface area contributed by atoms with Crippen molar-refractivity contribution in [3.05, 3.63) is 22.4 Å². The quantitative estimate of drug-likeness (QED) is 0.720. The van der Waals surface area contributed by atoms with Crippen LogP contribution in [0.1, 0.15) is 31.6 Å². The highest BCUT2D eigenvalue weighted by atomic mass is 32.1. The van der Waals surface area contributed by atoms with Gasteiger partial charge in [-0.1, -0.05) is 19.9 Å². The Morgan fingerprint density at radius 2 is 1.62 bits per heavy atom. The van der Waals surface area contributed by atoms with Crippen LogP contribution in [0.25, 0.3) is 0 Å². The van der Waals surface area contributed by atoms with E-state index in [-0.39, 0.29) is 11.8 Å². The molecule has 1 fully saturated rings. The largest absolute Gasteiger partial charge is 0.339 e. The Morgan fingerprint density at radius 3 is 2.12 bits per heavy atom. The highest BCUT2D eigenvalue weighted by Gasteiger charge is 2.23. The molecule has 2 rings (SSSR count). The summed E-state index contributed by atoms with van der Waals surface area (Å²) in [4.78, 5) is 31.9. The number of hydrogen-bond acceptors (Lipinski definition) is 4. The third-order valence-electron chi connectivity index (χ3n) is 4.69. The molecule has 0 saturated carbocycles. The van der Waals surface area contributed by atoms with Gasteiger partial charge in [0.15, 0.2) is 0 Å². The Labute approximate surface area is 149 Å². The first-order valence-electron chi connectivity index (χ1n) is 8.94. The van der Waals surface area contributed by atoms with Crippen LogP contribution in [-0.2, 0) is 16.0 Å². The molecule has 24 heavy (non-hydrogen) atoms. The summed E-state index contributed by atoms with van der Waals surface area (Å²) in [5, 5.41) is 2.04. The minimum absolute atomic E-state index is 0.207. The molecule has 1 aliphatic heterocycles. The van der Waals surface area contributed by atoms with E-state index in [0.717, 1.165) is 26.1 Å². The number of piperazine rings is 1. The van der Waals surface area contributed by atoms with E-state index in [4.69, 9.17) is 0 Å². The fraction of sp³-hybridized carbons (Fsp3) is 0.667. The zero-order valence-corrected chi connectivity index (χ0v) is 15.7. The van der Waals surface area contributed by atoms with E-state index in [1.807, 2.05) is 21.2 Å². The maximum atomic E-state index is 12.3. The van der Waals surface area contributed by atoms with Crippen molar-refractivity contribution in [2.75, 3.05) is 45.8 Å². The average Bonchev–Trinajstić information content (AvgIpc) is 3.14. The van der Waals surface area contributed by atoms with Crippen molar-refractivity contribution in [3.63, 3.8) is 0 Å². The number of nitrogens with zero attached hydrogens (tertiary/aromatic N) is 3. The summed E-state index contributed by atoms with van der Waals surface area (Å²) < 4.78 is 0. The summed E-state index contributed by atoms with van der Waals surface area (Å²) in [5.41, 5.74) is 0. The number of aryl methyl sites for hydroxylation is 1. The second-order valence-corrected chi connectivity index (χ2v) is 7.15. The molecule has 6 heteroatoms. The number of thiophene rings is 1. The Kier molecular flexibility index (Phi) is 7.72. The van der Waals surface area contributed by atoms with E-state index in [2.05, 4.69) is 24.8 Å². The first-order chi connectivity index (χ1) is 11.6. The maximum Gasteiger partial charge on any atom is 0.223 e. The second kappa shape index (κ2) is 9.79. The topological polar surface area (TPSA) is 43.9 Å². The van der Waals surface area contributed by atoms with Crippen molar-refractivity contribution >= 4 is 23.2 Å². The van der Waals surface area contributed by atoms with Crippen LogP contribution >= 0.6 is 11.3 Å². The molecule has 1 aromatic heterocycles. The number of carbonyl (C=O) groups excluding carboxylic acids is 2. The van der Waals surface area contributed by atoms with Crippen molar-refractivity contribution < 1.29 is 9.59 Å². The summed E-state index contributed by atoms with van der Waals surface area (Å²) >= 11 is 1.70. The van der Waals surface area contributed by atoms with Gasteiger partial charge in [-0.3, -0.25) is 9.59 Å². The Hall–Kier alpha value is -1.40. The number of amides is 2. The zero-order valence-electron chi connectivity index (χ0n) is 14.9. The number of hydrogen-bond donors (Lipinski definition) is 0. The Balaban J connectivity index is 1.68. The smallest absolute Gasteiger partial charge is 0.223 e. The number of carbonyl (C=O) groups is 2. The zero-order chi connectivity index (χ0) is 17.4. The lowest BCUT2D eigenvalue weighted by molar-refractivity contribution is -0.139. The molecule has 0 unspecified atom stereocenters. The van der Waals surface area contributed by atoms with Crippen LogP contribution in [0, 0.1) is 0 Å². The molecule has 0 aliphatic carbocycles. The molecule has 0 N–H and O–H groups in total. The molecule has 0 radical (unpaired) electrons. The van der Waals surface area contributed by atoms with Crippen molar-refractivity contribution in [2.24, 2.45) is 0 Å². The van der Waals surface area contributed by atoms with Gasteiger partial charge in [-0.2, -0.15) is 0 Å². The van der Waals surface area contributed by atoms with Crippen molar-refractivity contribution in [1.29, 1.82) is 0 Å². The third-order valence-corrected chi connectivity index (χ3v) is 5.62. The molecule has 1 saturated heterocycles. The lowest BCUT2D eigenvalue weighted by atomic mass is 10.2. The summed E-state index contributed by atoms with van der Waals surface area (Å²) in [6, 6.07) is 4.09. The molecule has 0 bridgehead atoms. The maximum absolute atomic E-state index is 12.3. The standard InChI is InChI=1S/C18H29N3O2S/c1-3-19(4-2)10-9-18(23)21-13-11-20(12-14-21)17(22)8-7-16-6-5-15-24-16/h5-6,15H,3-4,7-14H2,1-2H3. The van der Waals surface area contributed by atoms with Crippen LogP contribution in [0.5, 0.6) is 0 Å². The Morgan fingerprint density at radius 1 is 1.04 bits per heavy atom. The predicted octanol–water partition coefficient (Wildman–Crippen LogP) is 2.08. The SMILES string of the molecule is CCN(CC)CCC(=O)N1CCN(C(=O)CCc2cccs2)CC1.